The summed E-state index contributed by atoms with van der Waals surface area (Å²) in [6.45, 7) is 0.245. The van der Waals surface area contributed by atoms with Crippen LogP contribution in [0.25, 0.3) is 0 Å². The quantitative estimate of drug-likeness (QED) is 0.660. The van der Waals surface area contributed by atoms with E-state index in [0.29, 0.717) is 23.6 Å². The third kappa shape index (κ3) is 5.70. The number of nitrogens with one attached hydrogen (secondary N) is 1. The molecule has 1 aromatic carbocycles. The van der Waals surface area contributed by atoms with Crippen LogP contribution >= 0.6 is 11.3 Å². The molecule has 0 saturated heterocycles. The normalized spacial score (nSPS) is 11.7. The fourth-order valence-corrected chi connectivity index (χ4v) is 3.19. The highest BCUT2D eigenvalue weighted by molar-refractivity contribution is 7.07. The molecule has 7 nitrogen and oxygen atoms in total. The van der Waals surface area contributed by atoms with Gasteiger partial charge in [-0.1, -0.05) is 0 Å². The number of carbonyl (C=O) groups excluding carboxylic acids is 2. The first-order chi connectivity index (χ1) is 13.0. The van der Waals surface area contributed by atoms with Crippen molar-refractivity contribution in [3.05, 3.63) is 46.2 Å². The van der Waals surface area contributed by atoms with Crippen molar-refractivity contribution in [3.63, 3.8) is 0 Å². The number of carbonyl (C=O) groups is 2. The largest absolute Gasteiger partial charge is 0.493 e. The average Bonchev–Trinajstić information content (AvgIpc) is 3.19. The lowest BCUT2D eigenvalue weighted by Crippen LogP contribution is -2.34. The van der Waals surface area contributed by atoms with Crippen LogP contribution in [0.15, 0.2) is 35.0 Å². The number of nitrogens with zero attached hydrogens (tertiary/aromatic N) is 1. The molecule has 2 rings (SSSR count). The van der Waals surface area contributed by atoms with E-state index >= 15 is 0 Å². The fraction of sp³-hybridized carbons (Fsp3) is 0.368. The number of likely N-dealkylation sites (N-methyl/N-ethyl adjacent to an activating group) is 1. The van der Waals surface area contributed by atoms with Gasteiger partial charge >= 0.3 is 5.97 Å². The molecule has 0 radical (unpaired) electrons. The van der Waals surface area contributed by atoms with Gasteiger partial charge in [-0.05, 0) is 54.7 Å². The number of hydrogen-bond acceptors (Lipinski definition) is 7. The molecule has 0 bridgehead atoms. The van der Waals surface area contributed by atoms with Crippen LogP contribution in [-0.4, -0.2) is 58.2 Å². The van der Waals surface area contributed by atoms with Crippen molar-refractivity contribution in [2.24, 2.45) is 0 Å². The van der Waals surface area contributed by atoms with Crippen LogP contribution in [-0.2, 0) is 9.53 Å². The first-order valence-corrected chi connectivity index (χ1v) is 9.25. The first-order valence-electron chi connectivity index (χ1n) is 8.30. The van der Waals surface area contributed by atoms with E-state index in [4.69, 9.17) is 9.47 Å². The molecule has 0 aliphatic rings. The van der Waals surface area contributed by atoms with Crippen molar-refractivity contribution in [1.82, 2.24) is 10.2 Å². The van der Waals surface area contributed by atoms with Gasteiger partial charge in [-0.2, -0.15) is 11.3 Å². The van der Waals surface area contributed by atoms with Gasteiger partial charge in [-0.25, -0.2) is 4.79 Å². The monoisotopic (exact) mass is 392 g/mol. The Kier molecular flexibility index (Phi) is 7.63. The third-order valence-corrected chi connectivity index (χ3v) is 4.71. The van der Waals surface area contributed by atoms with Crippen LogP contribution in [0, 0.1) is 0 Å². The van der Waals surface area contributed by atoms with E-state index in [2.05, 4.69) is 26.4 Å². The summed E-state index contributed by atoms with van der Waals surface area (Å²) < 4.78 is 15.2. The fourth-order valence-electron chi connectivity index (χ4n) is 2.48. The number of benzene rings is 1. The summed E-state index contributed by atoms with van der Waals surface area (Å²) in [4.78, 5) is 25.8. The highest BCUT2D eigenvalue weighted by Gasteiger charge is 2.17. The molecule has 0 spiro atoms. The number of amides is 1. The lowest BCUT2D eigenvalue weighted by atomic mass is 10.1. The average molecular weight is 392 g/mol. The summed E-state index contributed by atoms with van der Waals surface area (Å²) >= 11 is 1.63. The third-order valence-electron chi connectivity index (χ3n) is 4.01. The zero-order chi connectivity index (χ0) is 19.8. The maximum absolute atomic E-state index is 12.5. The summed E-state index contributed by atoms with van der Waals surface area (Å²) in [6.07, 6.45) is 0. The molecule has 1 heterocycles. The summed E-state index contributed by atoms with van der Waals surface area (Å²) in [5.41, 5.74) is 1.61. The Morgan fingerprint density at radius 2 is 1.96 bits per heavy atom. The van der Waals surface area contributed by atoms with E-state index in [1.807, 2.05) is 19.5 Å². The molecule has 1 aromatic heterocycles. The van der Waals surface area contributed by atoms with Crippen molar-refractivity contribution in [3.8, 4) is 11.5 Å². The number of methoxy groups -OCH3 is 2. The molecule has 1 N–H and O–H groups in total. The molecule has 1 unspecified atom stereocenters. The molecule has 8 heteroatoms. The molecule has 2 aromatic rings. The maximum atomic E-state index is 12.5. The van der Waals surface area contributed by atoms with Crippen molar-refractivity contribution in [1.29, 1.82) is 0 Å². The second kappa shape index (κ2) is 9.94. The van der Waals surface area contributed by atoms with E-state index in [-0.39, 0.29) is 18.6 Å². The molecular formula is C19H24N2O5S. The van der Waals surface area contributed by atoms with Crippen LogP contribution < -0.4 is 14.8 Å². The molecule has 1 atom stereocenters. The number of thiophene rings is 1. The SMILES string of the molecule is COC(=O)COc1ccc(C(=O)NCC(c2ccsc2)N(C)C)cc1OC. The maximum Gasteiger partial charge on any atom is 0.343 e. The van der Waals surface area contributed by atoms with Gasteiger partial charge in [0.05, 0.1) is 20.3 Å². The van der Waals surface area contributed by atoms with Gasteiger partial charge in [-0.15, -0.1) is 0 Å². The zero-order valence-corrected chi connectivity index (χ0v) is 16.7. The molecule has 1 amide bonds. The molecule has 0 aliphatic heterocycles. The Hall–Kier alpha value is -2.58. The Morgan fingerprint density at radius 1 is 1.19 bits per heavy atom. The number of hydrogen-bond donors (Lipinski definition) is 1. The van der Waals surface area contributed by atoms with Gasteiger partial charge in [0.25, 0.3) is 5.91 Å². The first kappa shape index (κ1) is 20.7. The Labute approximate surface area is 162 Å². The molecular weight excluding hydrogens is 368 g/mol. The van der Waals surface area contributed by atoms with Crippen molar-refractivity contribution >= 4 is 23.2 Å². The summed E-state index contributed by atoms with van der Waals surface area (Å²) in [5.74, 6) is 0.0226. The number of ether oxygens (including phenoxy) is 3. The standard InChI is InChI=1S/C19H24N2O5S/c1-21(2)15(14-7-8-27-12-14)10-20-19(23)13-5-6-16(17(9-13)24-3)26-11-18(22)25-4/h5-9,12,15H,10-11H2,1-4H3,(H,20,23). The van der Waals surface area contributed by atoms with Crippen molar-refractivity contribution in [2.45, 2.75) is 6.04 Å². The van der Waals surface area contributed by atoms with Crippen LogP contribution in [0.1, 0.15) is 22.0 Å². The highest BCUT2D eigenvalue weighted by Crippen LogP contribution is 2.28. The minimum Gasteiger partial charge on any atom is -0.493 e. The van der Waals surface area contributed by atoms with Gasteiger partial charge in [0.2, 0.25) is 0 Å². The Morgan fingerprint density at radius 3 is 2.56 bits per heavy atom. The minimum absolute atomic E-state index is 0.0877. The lowest BCUT2D eigenvalue weighted by molar-refractivity contribution is -0.142. The molecule has 0 fully saturated rings. The number of rotatable bonds is 9. The molecule has 0 saturated carbocycles. The van der Waals surface area contributed by atoms with Gasteiger partial charge in [0, 0.05) is 12.1 Å². The summed E-state index contributed by atoms with van der Waals surface area (Å²) in [5, 5.41) is 7.05. The van der Waals surface area contributed by atoms with Crippen LogP contribution in [0.5, 0.6) is 11.5 Å². The van der Waals surface area contributed by atoms with Crippen molar-refractivity contribution in [2.75, 3.05) is 41.5 Å². The van der Waals surface area contributed by atoms with E-state index in [1.165, 1.54) is 14.2 Å². The predicted molar refractivity (Wildman–Crippen MR) is 104 cm³/mol. The van der Waals surface area contributed by atoms with E-state index in [1.54, 1.807) is 29.5 Å². The van der Waals surface area contributed by atoms with Crippen LogP contribution in [0.3, 0.4) is 0 Å². The van der Waals surface area contributed by atoms with Crippen molar-refractivity contribution < 1.29 is 23.8 Å². The van der Waals surface area contributed by atoms with E-state index < -0.39 is 5.97 Å². The second-order valence-corrected chi connectivity index (χ2v) is 6.76. The number of esters is 1. The van der Waals surface area contributed by atoms with Gasteiger partial charge in [-0.3, -0.25) is 4.79 Å². The highest BCUT2D eigenvalue weighted by atomic mass is 32.1. The molecule has 0 aliphatic carbocycles. The minimum atomic E-state index is -0.498. The smallest absolute Gasteiger partial charge is 0.343 e. The predicted octanol–water partition coefficient (Wildman–Crippen LogP) is 2.34. The van der Waals surface area contributed by atoms with Crippen LogP contribution in [0.4, 0.5) is 0 Å². The van der Waals surface area contributed by atoms with E-state index in [0.717, 1.165) is 5.56 Å². The van der Waals surface area contributed by atoms with Crippen LogP contribution in [0.2, 0.25) is 0 Å². The Balaban J connectivity index is 2.04. The van der Waals surface area contributed by atoms with Gasteiger partial charge < -0.3 is 24.4 Å². The lowest BCUT2D eigenvalue weighted by Gasteiger charge is -2.24. The van der Waals surface area contributed by atoms with E-state index in [9.17, 15) is 9.59 Å². The molecule has 27 heavy (non-hydrogen) atoms. The Bertz CT molecular complexity index is 761. The second-order valence-electron chi connectivity index (χ2n) is 5.98. The topological polar surface area (TPSA) is 77.1 Å². The zero-order valence-electron chi connectivity index (χ0n) is 15.9. The molecule has 146 valence electrons. The summed E-state index contributed by atoms with van der Waals surface area (Å²) in [7, 11) is 6.71. The van der Waals surface area contributed by atoms with Gasteiger partial charge in [0.1, 0.15) is 0 Å². The summed E-state index contributed by atoms with van der Waals surface area (Å²) in [6, 6.07) is 6.94. The van der Waals surface area contributed by atoms with Gasteiger partial charge in [0.15, 0.2) is 18.1 Å².